The van der Waals surface area contributed by atoms with Crippen molar-refractivity contribution in [1.82, 2.24) is 5.32 Å². The molecule has 96 valence electrons. The van der Waals surface area contributed by atoms with E-state index in [1.54, 1.807) is 0 Å². The van der Waals surface area contributed by atoms with E-state index in [-0.39, 0.29) is 12.4 Å². The van der Waals surface area contributed by atoms with Crippen LogP contribution in [0.4, 0.5) is 0 Å². The van der Waals surface area contributed by atoms with Gasteiger partial charge in [0.1, 0.15) is 12.4 Å². The lowest BCUT2D eigenvalue weighted by Gasteiger charge is -2.06. The molecule has 5 heteroatoms. The number of nitrogens with one attached hydrogen (secondary N) is 1. The number of hydrogen-bond donors (Lipinski definition) is 1. The van der Waals surface area contributed by atoms with Crippen molar-refractivity contribution < 1.29 is 13.2 Å². The van der Waals surface area contributed by atoms with Crippen molar-refractivity contribution >= 4 is 9.84 Å². The molecule has 0 spiro atoms. The maximum absolute atomic E-state index is 10.9. The van der Waals surface area contributed by atoms with Crippen LogP contribution in [0.2, 0.25) is 0 Å². The fourth-order valence-corrected chi connectivity index (χ4v) is 1.67. The second kappa shape index (κ2) is 6.61. The van der Waals surface area contributed by atoms with Gasteiger partial charge in [-0.1, -0.05) is 19.1 Å². The predicted octanol–water partition coefficient (Wildman–Crippen LogP) is 1.22. The normalized spacial score (nSPS) is 11.4. The Balaban J connectivity index is 2.40. The van der Waals surface area contributed by atoms with Crippen molar-refractivity contribution in [1.29, 1.82) is 0 Å². The highest BCUT2D eigenvalue weighted by molar-refractivity contribution is 7.90. The molecule has 1 aromatic carbocycles. The van der Waals surface area contributed by atoms with Crippen molar-refractivity contribution in [2.45, 2.75) is 13.5 Å². The summed E-state index contributed by atoms with van der Waals surface area (Å²) < 4.78 is 27.2. The summed E-state index contributed by atoms with van der Waals surface area (Å²) in [5, 5.41) is 3.23. The maximum atomic E-state index is 10.9. The van der Waals surface area contributed by atoms with E-state index in [4.69, 9.17) is 4.74 Å². The van der Waals surface area contributed by atoms with Gasteiger partial charge in [0.15, 0.2) is 9.84 Å². The topological polar surface area (TPSA) is 55.4 Å². The smallest absolute Gasteiger partial charge is 0.150 e. The third kappa shape index (κ3) is 6.28. The second-order valence-electron chi connectivity index (χ2n) is 3.90. The molecule has 0 saturated carbocycles. The van der Waals surface area contributed by atoms with E-state index in [2.05, 4.69) is 12.2 Å². The molecule has 0 bridgehead atoms. The Labute approximate surface area is 103 Å². The monoisotopic (exact) mass is 257 g/mol. The fourth-order valence-electron chi connectivity index (χ4n) is 1.28. The highest BCUT2D eigenvalue weighted by atomic mass is 32.2. The fraction of sp³-hybridized carbons (Fsp3) is 0.500. The van der Waals surface area contributed by atoms with Crippen LogP contribution in [0.15, 0.2) is 24.3 Å². The van der Waals surface area contributed by atoms with Gasteiger partial charge in [0.05, 0.1) is 5.75 Å². The van der Waals surface area contributed by atoms with Crippen molar-refractivity contribution in [3.05, 3.63) is 29.8 Å². The summed E-state index contributed by atoms with van der Waals surface area (Å²) in [6.07, 6.45) is 1.20. The van der Waals surface area contributed by atoms with E-state index in [9.17, 15) is 8.42 Å². The van der Waals surface area contributed by atoms with Crippen LogP contribution in [-0.2, 0) is 16.4 Å². The predicted molar refractivity (Wildman–Crippen MR) is 69.0 cm³/mol. The van der Waals surface area contributed by atoms with Crippen LogP contribution in [0.3, 0.4) is 0 Å². The largest absolute Gasteiger partial charge is 0.493 e. The Bertz CT molecular complexity index is 426. The number of ether oxygens (including phenoxy) is 1. The molecule has 1 N–H and O–H groups in total. The second-order valence-corrected chi connectivity index (χ2v) is 6.16. The quantitative estimate of drug-likeness (QED) is 0.798. The van der Waals surface area contributed by atoms with Crippen LogP contribution in [-0.4, -0.2) is 33.6 Å². The number of sulfone groups is 1. The highest BCUT2D eigenvalue weighted by Gasteiger charge is 2.02. The summed E-state index contributed by atoms with van der Waals surface area (Å²) >= 11 is 0. The molecule has 0 aliphatic rings. The minimum atomic E-state index is -2.95. The first-order chi connectivity index (χ1) is 8.01. The summed E-state index contributed by atoms with van der Waals surface area (Å²) in [4.78, 5) is 0. The Morgan fingerprint density at radius 1 is 1.24 bits per heavy atom. The molecule has 0 saturated heterocycles. The molecule has 0 radical (unpaired) electrons. The summed E-state index contributed by atoms with van der Waals surface area (Å²) in [7, 11) is -2.95. The van der Waals surface area contributed by atoms with Crippen molar-refractivity contribution in [3.8, 4) is 5.75 Å². The average Bonchev–Trinajstić information content (AvgIpc) is 2.26. The van der Waals surface area contributed by atoms with Crippen LogP contribution >= 0.6 is 0 Å². The molecule has 0 heterocycles. The van der Waals surface area contributed by atoms with Gasteiger partial charge in [0.2, 0.25) is 0 Å². The lowest BCUT2D eigenvalue weighted by molar-refractivity contribution is 0.341. The van der Waals surface area contributed by atoms with E-state index in [1.165, 1.54) is 11.8 Å². The summed E-state index contributed by atoms with van der Waals surface area (Å²) in [6, 6.07) is 7.65. The molecule has 17 heavy (non-hydrogen) atoms. The maximum Gasteiger partial charge on any atom is 0.150 e. The van der Waals surface area contributed by atoms with Gasteiger partial charge < -0.3 is 10.1 Å². The molecule has 0 amide bonds. The van der Waals surface area contributed by atoms with Gasteiger partial charge in [-0.25, -0.2) is 8.42 Å². The van der Waals surface area contributed by atoms with E-state index in [0.29, 0.717) is 5.75 Å². The molecule has 0 aliphatic heterocycles. The molecule has 0 aliphatic carbocycles. The van der Waals surface area contributed by atoms with E-state index < -0.39 is 9.84 Å². The SMILES string of the molecule is CCNCc1ccc(OCCS(C)(=O)=O)cc1. The molecule has 1 rings (SSSR count). The Morgan fingerprint density at radius 3 is 2.41 bits per heavy atom. The Hall–Kier alpha value is -1.07. The third-order valence-corrected chi connectivity index (χ3v) is 3.13. The van der Waals surface area contributed by atoms with E-state index in [1.807, 2.05) is 24.3 Å². The number of rotatable bonds is 7. The van der Waals surface area contributed by atoms with Gasteiger partial charge in [0, 0.05) is 12.8 Å². The molecular formula is C12H19NO3S. The highest BCUT2D eigenvalue weighted by Crippen LogP contribution is 2.12. The first-order valence-electron chi connectivity index (χ1n) is 5.61. The summed E-state index contributed by atoms with van der Waals surface area (Å²) in [5.74, 6) is 0.750. The van der Waals surface area contributed by atoms with Gasteiger partial charge in [-0.05, 0) is 24.2 Å². The van der Waals surface area contributed by atoms with Gasteiger partial charge in [-0.2, -0.15) is 0 Å². The number of hydrogen-bond acceptors (Lipinski definition) is 4. The minimum Gasteiger partial charge on any atom is -0.493 e. The minimum absolute atomic E-state index is 0.0478. The molecule has 0 fully saturated rings. The standard InChI is InChI=1S/C12H19NO3S/c1-3-13-10-11-4-6-12(7-5-11)16-8-9-17(2,14)15/h4-7,13H,3,8-10H2,1-2H3. The van der Waals surface area contributed by atoms with Crippen molar-refractivity contribution in [2.24, 2.45) is 0 Å². The molecular weight excluding hydrogens is 238 g/mol. The van der Waals surface area contributed by atoms with Gasteiger partial charge >= 0.3 is 0 Å². The molecule has 4 nitrogen and oxygen atoms in total. The van der Waals surface area contributed by atoms with Gasteiger partial charge in [-0.3, -0.25) is 0 Å². The lowest BCUT2D eigenvalue weighted by Crippen LogP contribution is -2.12. The van der Waals surface area contributed by atoms with Crippen molar-refractivity contribution in [2.75, 3.05) is 25.2 Å². The molecule has 0 unspecified atom stereocenters. The van der Waals surface area contributed by atoms with Gasteiger partial charge in [0.25, 0.3) is 0 Å². The summed E-state index contributed by atoms with van der Waals surface area (Å²) in [5.41, 5.74) is 1.18. The zero-order chi connectivity index (χ0) is 12.7. The Morgan fingerprint density at radius 2 is 1.88 bits per heavy atom. The number of benzene rings is 1. The zero-order valence-corrected chi connectivity index (χ0v) is 11.1. The first kappa shape index (κ1) is 14.0. The van der Waals surface area contributed by atoms with Crippen LogP contribution < -0.4 is 10.1 Å². The average molecular weight is 257 g/mol. The molecule has 1 aromatic rings. The summed E-state index contributed by atoms with van der Waals surface area (Å²) in [6.45, 7) is 4.03. The third-order valence-electron chi connectivity index (χ3n) is 2.23. The molecule has 0 aromatic heterocycles. The van der Waals surface area contributed by atoms with E-state index >= 15 is 0 Å². The lowest BCUT2D eigenvalue weighted by atomic mass is 10.2. The Kier molecular flexibility index (Phi) is 5.44. The van der Waals surface area contributed by atoms with Crippen LogP contribution in [0.25, 0.3) is 0 Å². The first-order valence-corrected chi connectivity index (χ1v) is 7.67. The van der Waals surface area contributed by atoms with Crippen LogP contribution in [0.5, 0.6) is 5.75 Å². The van der Waals surface area contributed by atoms with Crippen molar-refractivity contribution in [3.63, 3.8) is 0 Å². The zero-order valence-electron chi connectivity index (χ0n) is 10.3. The van der Waals surface area contributed by atoms with E-state index in [0.717, 1.165) is 13.1 Å². The van der Waals surface area contributed by atoms with Crippen LogP contribution in [0, 0.1) is 0 Å². The molecule has 0 atom stereocenters. The van der Waals surface area contributed by atoms with Crippen LogP contribution in [0.1, 0.15) is 12.5 Å². The van der Waals surface area contributed by atoms with Gasteiger partial charge in [-0.15, -0.1) is 0 Å².